The largest absolute Gasteiger partial charge is 0.477 e. The maximum absolute atomic E-state index is 5.81. The molecule has 0 aliphatic carbocycles. The summed E-state index contributed by atoms with van der Waals surface area (Å²) in [5, 5.41) is 0.859. The lowest BCUT2D eigenvalue weighted by atomic mass is 10.1. The van der Waals surface area contributed by atoms with Gasteiger partial charge in [0.05, 0.1) is 17.5 Å². The van der Waals surface area contributed by atoms with Gasteiger partial charge in [-0.05, 0) is 36.6 Å². The quantitative estimate of drug-likeness (QED) is 0.575. The van der Waals surface area contributed by atoms with Gasteiger partial charge in [0, 0.05) is 5.69 Å². The third-order valence-corrected chi connectivity index (χ3v) is 3.31. The summed E-state index contributed by atoms with van der Waals surface area (Å²) in [4.78, 5) is 8.42. The Morgan fingerprint density at radius 3 is 2.71 bits per heavy atom. The average Bonchev–Trinajstić information content (AvgIpc) is 2.53. The molecule has 21 heavy (non-hydrogen) atoms. The maximum Gasteiger partial charge on any atom is 0.224 e. The third-order valence-electron chi connectivity index (χ3n) is 3.31. The molecule has 0 aliphatic heterocycles. The Morgan fingerprint density at radius 2 is 1.86 bits per heavy atom. The summed E-state index contributed by atoms with van der Waals surface area (Å²) < 4.78 is 5.79. The smallest absolute Gasteiger partial charge is 0.224 e. The van der Waals surface area contributed by atoms with Gasteiger partial charge in [-0.15, -0.1) is 0 Å². The molecule has 0 unspecified atom stereocenters. The number of ether oxygens (including phenoxy) is 1. The highest BCUT2D eigenvalue weighted by Crippen LogP contribution is 2.23. The summed E-state index contributed by atoms with van der Waals surface area (Å²) in [5.74, 6) is 0.598. The summed E-state index contributed by atoms with van der Waals surface area (Å²) >= 11 is 0. The lowest BCUT2D eigenvalue weighted by Crippen LogP contribution is -2.02. The van der Waals surface area contributed by atoms with Crippen molar-refractivity contribution in [3.05, 3.63) is 60.4 Å². The molecule has 0 radical (unpaired) electrons. The van der Waals surface area contributed by atoms with Gasteiger partial charge in [-0.1, -0.05) is 30.3 Å². The summed E-state index contributed by atoms with van der Waals surface area (Å²) in [6, 6.07) is 15.9. The first-order valence-electron chi connectivity index (χ1n) is 7.00. The molecule has 0 amide bonds. The van der Waals surface area contributed by atoms with Crippen LogP contribution in [0.5, 0.6) is 5.88 Å². The van der Waals surface area contributed by atoms with Crippen molar-refractivity contribution >= 4 is 16.6 Å². The molecule has 1 heterocycles. The maximum atomic E-state index is 5.81. The molecule has 0 spiro atoms. The monoisotopic (exact) mass is 279 g/mol. The molecular weight excluding hydrogens is 262 g/mol. The van der Waals surface area contributed by atoms with E-state index in [-0.39, 0.29) is 0 Å². The van der Waals surface area contributed by atoms with Crippen molar-refractivity contribution < 1.29 is 4.74 Å². The van der Waals surface area contributed by atoms with Crippen molar-refractivity contribution in [3.63, 3.8) is 0 Å². The Morgan fingerprint density at radius 1 is 1.00 bits per heavy atom. The van der Waals surface area contributed by atoms with Gasteiger partial charge in [-0.3, -0.25) is 0 Å². The van der Waals surface area contributed by atoms with Crippen LogP contribution in [0.25, 0.3) is 10.9 Å². The van der Waals surface area contributed by atoms with Gasteiger partial charge in [0.15, 0.2) is 0 Å². The van der Waals surface area contributed by atoms with E-state index in [1.165, 1.54) is 11.9 Å². The number of fused-ring (bicyclic) bond motifs is 1. The van der Waals surface area contributed by atoms with E-state index in [1.807, 2.05) is 24.3 Å². The van der Waals surface area contributed by atoms with E-state index >= 15 is 0 Å². The van der Waals surface area contributed by atoms with Crippen molar-refractivity contribution in [3.8, 4) is 5.88 Å². The van der Waals surface area contributed by atoms with E-state index in [9.17, 15) is 0 Å². The lowest BCUT2D eigenvalue weighted by molar-refractivity contribution is 0.303. The zero-order valence-electron chi connectivity index (χ0n) is 11.7. The molecule has 106 valence electrons. The third kappa shape index (κ3) is 3.28. The van der Waals surface area contributed by atoms with E-state index in [0.717, 1.165) is 23.7 Å². The molecule has 0 saturated carbocycles. The number of nitrogens with zero attached hydrogens (tertiary/aromatic N) is 2. The van der Waals surface area contributed by atoms with E-state index in [1.54, 1.807) is 0 Å². The van der Waals surface area contributed by atoms with Crippen molar-refractivity contribution in [2.24, 2.45) is 0 Å². The van der Waals surface area contributed by atoms with E-state index in [0.29, 0.717) is 18.2 Å². The SMILES string of the molecule is Nc1ccc2ncnc(OCCCc3ccccc3)c2c1. The van der Waals surface area contributed by atoms with Crippen LogP contribution in [0.15, 0.2) is 54.9 Å². The van der Waals surface area contributed by atoms with Crippen molar-refractivity contribution in [2.75, 3.05) is 12.3 Å². The zero-order chi connectivity index (χ0) is 14.5. The van der Waals surface area contributed by atoms with Gasteiger partial charge in [0.1, 0.15) is 6.33 Å². The second-order valence-corrected chi connectivity index (χ2v) is 4.89. The molecule has 0 saturated heterocycles. The number of hydrogen-bond acceptors (Lipinski definition) is 4. The Bertz CT molecular complexity index is 728. The van der Waals surface area contributed by atoms with Crippen LogP contribution in [0.1, 0.15) is 12.0 Å². The second kappa shape index (κ2) is 6.22. The zero-order valence-corrected chi connectivity index (χ0v) is 11.7. The number of benzene rings is 2. The molecule has 4 nitrogen and oxygen atoms in total. The second-order valence-electron chi connectivity index (χ2n) is 4.89. The van der Waals surface area contributed by atoms with Crippen LogP contribution < -0.4 is 10.5 Å². The Labute approximate surface area is 123 Å². The van der Waals surface area contributed by atoms with Gasteiger partial charge in [0.2, 0.25) is 5.88 Å². The van der Waals surface area contributed by atoms with Crippen LogP contribution >= 0.6 is 0 Å². The van der Waals surface area contributed by atoms with Crippen LogP contribution in [-0.2, 0) is 6.42 Å². The van der Waals surface area contributed by atoms with E-state index < -0.39 is 0 Å². The number of nitrogens with two attached hydrogens (primary N) is 1. The highest BCUT2D eigenvalue weighted by molar-refractivity contribution is 5.86. The molecule has 2 aromatic carbocycles. The molecule has 4 heteroatoms. The molecule has 3 aromatic rings. The van der Waals surface area contributed by atoms with Crippen LogP contribution in [0.2, 0.25) is 0 Å². The standard InChI is InChI=1S/C17H17N3O/c18-14-8-9-16-15(11-14)17(20-12-19-16)21-10-4-7-13-5-2-1-3-6-13/h1-3,5-6,8-9,11-12H,4,7,10,18H2. The lowest BCUT2D eigenvalue weighted by Gasteiger charge is -2.08. The molecule has 0 aliphatic rings. The first kappa shape index (κ1) is 13.4. The Kier molecular flexibility index (Phi) is 3.96. The van der Waals surface area contributed by atoms with E-state index in [2.05, 4.69) is 34.2 Å². The molecule has 3 rings (SSSR count). The van der Waals surface area contributed by atoms with E-state index in [4.69, 9.17) is 10.5 Å². The number of aryl methyl sites for hydroxylation is 1. The summed E-state index contributed by atoms with van der Waals surface area (Å²) in [7, 11) is 0. The first-order valence-corrected chi connectivity index (χ1v) is 7.00. The predicted octanol–water partition coefficient (Wildman–Crippen LogP) is 3.22. The first-order chi connectivity index (χ1) is 10.3. The van der Waals surface area contributed by atoms with Crippen molar-refractivity contribution in [1.29, 1.82) is 0 Å². The highest BCUT2D eigenvalue weighted by Gasteiger charge is 2.05. The van der Waals surface area contributed by atoms with Crippen LogP contribution in [0.3, 0.4) is 0 Å². The Balaban J connectivity index is 1.64. The van der Waals surface area contributed by atoms with Gasteiger partial charge in [0.25, 0.3) is 0 Å². The number of hydrogen-bond donors (Lipinski definition) is 1. The predicted molar refractivity (Wildman–Crippen MR) is 84.2 cm³/mol. The number of rotatable bonds is 5. The fourth-order valence-electron chi connectivity index (χ4n) is 2.26. The number of nitrogen functional groups attached to an aromatic ring is 1. The van der Waals surface area contributed by atoms with Crippen molar-refractivity contribution in [1.82, 2.24) is 9.97 Å². The number of aromatic nitrogens is 2. The van der Waals surface area contributed by atoms with Gasteiger partial charge >= 0.3 is 0 Å². The molecule has 0 fully saturated rings. The summed E-state index contributed by atoms with van der Waals surface area (Å²) in [6.07, 6.45) is 3.45. The van der Waals surface area contributed by atoms with Gasteiger partial charge in [-0.25, -0.2) is 9.97 Å². The Hall–Kier alpha value is -2.62. The van der Waals surface area contributed by atoms with Crippen molar-refractivity contribution in [2.45, 2.75) is 12.8 Å². The van der Waals surface area contributed by atoms with Gasteiger partial charge < -0.3 is 10.5 Å². The molecule has 0 bridgehead atoms. The molecule has 2 N–H and O–H groups in total. The number of anilines is 1. The fraction of sp³-hybridized carbons (Fsp3) is 0.176. The van der Waals surface area contributed by atoms with Crippen LogP contribution in [-0.4, -0.2) is 16.6 Å². The average molecular weight is 279 g/mol. The van der Waals surface area contributed by atoms with Gasteiger partial charge in [-0.2, -0.15) is 0 Å². The van der Waals surface area contributed by atoms with Crippen LogP contribution in [0.4, 0.5) is 5.69 Å². The topological polar surface area (TPSA) is 61.0 Å². The minimum Gasteiger partial charge on any atom is -0.477 e. The summed E-state index contributed by atoms with van der Waals surface area (Å²) in [5.41, 5.74) is 8.66. The minimum atomic E-state index is 0.598. The normalized spacial score (nSPS) is 10.7. The molecule has 0 atom stereocenters. The summed E-state index contributed by atoms with van der Waals surface area (Å²) in [6.45, 7) is 0.621. The van der Waals surface area contributed by atoms with Crippen LogP contribution in [0, 0.1) is 0 Å². The minimum absolute atomic E-state index is 0.598. The molecular formula is C17H17N3O. The molecule has 1 aromatic heterocycles. The fourth-order valence-corrected chi connectivity index (χ4v) is 2.26. The highest BCUT2D eigenvalue weighted by atomic mass is 16.5.